The lowest BCUT2D eigenvalue weighted by Crippen LogP contribution is -2.50. The van der Waals surface area contributed by atoms with E-state index in [4.69, 9.17) is 15.7 Å². The topological polar surface area (TPSA) is 160 Å². The van der Waals surface area contributed by atoms with Gasteiger partial charge in [-0.05, 0) is 62.9 Å². The summed E-state index contributed by atoms with van der Waals surface area (Å²) in [6.07, 6.45) is 0.432. The third-order valence-corrected chi connectivity index (χ3v) is 4.69. The first-order chi connectivity index (χ1) is 16.9. The molecule has 6 N–H and O–H groups in total. The van der Waals surface area contributed by atoms with Gasteiger partial charge in [0.15, 0.2) is 0 Å². The van der Waals surface area contributed by atoms with E-state index in [1.165, 1.54) is 18.0 Å². The van der Waals surface area contributed by atoms with E-state index in [2.05, 4.69) is 29.7 Å². The predicted molar refractivity (Wildman–Crippen MR) is 136 cm³/mol. The SMILES string of the molecule is CC(=O)CNC(=O)OC(C)(C)C.CCc1ccc(-c2ccc(C(=O)N[C@@H](CN)C(=O)NO)cc2)cc1. The van der Waals surface area contributed by atoms with Gasteiger partial charge in [-0.3, -0.25) is 19.6 Å². The fourth-order valence-electron chi connectivity index (χ4n) is 2.81. The van der Waals surface area contributed by atoms with Crippen LogP contribution in [-0.2, 0) is 20.7 Å². The van der Waals surface area contributed by atoms with Crippen LogP contribution < -0.4 is 21.8 Å². The van der Waals surface area contributed by atoms with Crippen LogP contribution in [0.5, 0.6) is 0 Å². The molecule has 10 nitrogen and oxygen atoms in total. The van der Waals surface area contributed by atoms with Crippen LogP contribution in [0.25, 0.3) is 11.1 Å². The zero-order valence-electron chi connectivity index (χ0n) is 21.4. The highest BCUT2D eigenvalue weighted by molar-refractivity contribution is 5.97. The Hall–Kier alpha value is -3.76. The molecule has 10 heteroatoms. The number of ether oxygens (including phenoxy) is 1. The number of aryl methyl sites for hydroxylation is 1. The van der Waals surface area contributed by atoms with Gasteiger partial charge in [-0.15, -0.1) is 0 Å². The Morgan fingerprint density at radius 2 is 1.50 bits per heavy atom. The molecule has 0 unspecified atom stereocenters. The Morgan fingerprint density at radius 1 is 0.972 bits per heavy atom. The van der Waals surface area contributed by atoms with Gasteiger partial charge in [0.25, 0.3) is 11.8 Å². The second-order valence-electron chi connectivity index (χ2n) is 8.92. The fourth-order valence-corrected chi connectivity index (χ4v) is 2.81. The minimum atomic E-state index is -0.983. The van der Waals surface area contributed by atoms with Gasteiger partial charge in [0, 0.05) is 12.1 Å². The molecular weight excluding hydrogens is 464 g/mol. The van der Waals surface area contributed by atoms with Crippen molar-refractivity contribution in [1.29, 1.82) is 0 Å². The number of carbonyl (C=O) groups is 4. The zero-order valence-corrected chi connectivity index (χ0v) is 21.4. The number of benzene rings is 2. The molecule has 2 rings (SSSR count). The molecule has 2 aromatic rings. The average Bonchev–Trinajstić information content (AvgIpc) is 2.85. The number of rotatable bonds is 8. The van der Waals surface area contributed by atoms with Crippen LogP contribution in [-0.4, -0.2) is 53.6 Å². The summed E-state index contributed by atoms with van der Waals surface area (Å²) in [4.78, 5) is 44.8. The Morgan fingerprint density at radius 3 is 1.92 bits per heavy atom. The van der Waals surface area contributed by atoms with E-state index < -0.39 is 29.6 Å². The second kappa shape index (κ2) is 14.6. The Bertz CT molecular complexity index is 1010. The molecule has 0 aliphatic heterocycles. The van der Waals surface area contributed by atoms with E-state index in [-0.39, 0.29) is 18.9 Å². The van der Waals surface area contributed by atoms with Crippen LogP contribution in [0.15, 0.2) is 48.5 Å². The molecule has 0 radical (unpaired) electrons. The standard InChI is InChI=1S/C18H21N3O3.C8H15NO3/c1-2-12-3-5-13(6-4-12)14-7-9-15(10-8-14)17(22)20-16(11-19)18(23)21-24;1-6(10)5-9-7(11)12-8(2,3)4/h3-10,16,24H,2,11,19H2,1H3,(H,20,22)(H,21,23);5H2,1-4H3,(H,9,11)/t16-;/m0./s1. The third kappa shape index (κ3) is 11.1. The van der Waals surface area contributed by atoms with Gasteiger partial charge in [0.2, 0.25) is 0 Å². The van der Waals surface area contributed by atoms with Crippen LogP contribution in [0, 0.1) is 0 Å². The largest absolute Gasteiger partial charge is 0.444 e. The van der Waals surface area contributed by atoms with Crippen molar-refractivity contribution in [3.8, 4) is 11.1 Å². The van der Waals surface area contributed by atoms with Crippen molar-refractivity contribution < 1.29 is 29.1 Å². The molecule has 0 spiro atoms. The zero-order chi connectivity index (χ0) is 27.3. The predicted octanol–water partition coefficient (Wildman–Crippen LogP) is 2.58. The number of hydroxylamine groups is 1. The first kappa shape index (κ1) is 30.3. The van der Waals surface area contributed by atoms with Gasteiger partial charge in [0.1, 0.15) is 17.4 Å². The lowest BCUT2D eigenvalue weighted by atomic mass is 10.0. The van der Waals surface area contributed by atoms with Crippen LogP contribution >= 0.6 is 0 Å². The molecule has 1 atom stereocenters. The van der Waals surface area contributed by atoms with E-state index >= 15 is 0 Å². The molecule has 36 heavy (non-hydrogen) atoms. The third-order valence-electron chi connectivity index (χ3n) is 4.69. The second-order valence-corrected chi connectivity index (χ2v) is 8.92. The quantitative estimate of drug-likeness (QED) is 0.275. The molecule has 2 aromatic carbocycles. The minimum absolute atomic E-state index is 0.0227. The number of carbonyl (C=O) groups excluding carboxylic acids is 4. The Labute approximate surface area is 211 Å². The molecule has 0 saturated carbocycles. The molecule has 0 bridgehead atoms. The first-order valence-electron chi connectivity index (χ1n) is 11.5. The summed E-state index contributed by atoms with van der Waals surface area (Å²) in [7, 11) is 0. The summed E-state index contributed by atoms with van der Waals surface area (Å²) in [5.74, 6) is -1.28. The van der Waals surface area contributed by atoms with E-state index in [1.54, 1.807) is 32.9 Å². The minimum Gasteiger partial charge on any atom is -0.444 e. The summed E-state index contributed by atoms with van der Waals surface area (Å²) >= 11 is 0. The summed E-state index contributed by atoms with van der Waals surface area (Å²) in [5.41, 5.74) is 10.1. The van der Waals surface area contributed by atoms with Crippen LogP contribution in [0.4, 0.5) is 4.79 Å². The molecule has 196 valence electrons. The average molecular weight is 501 g/mol. The molecule has 0 saturated heterocycles. The van der Waals surface area contributed by atoms with Gasteiger partial charge >= 0.3 is 6.09 Å². The van der Waals surface area contributed by atoms with Crippen molar-refractivity contribution in [2.24, 2.45) is 5.73 Å². The smallest absolute Gasteiger partial charge is 0.408 e. The van der Waals surface area contributed by atoms with Gasteiger partial charge in [-0.2, -0.15) is 0 Å². The van der Waals surface area contributed by atoms with E-state index in [1.807, 2.05) is 24.3 Å². The van der Waals surface area contributed by atoms with Gasteiger partial charge < -0.3 is 21.1 Å². The number of alkyl carbamates (subject to hydrolysis) is 1. The molecule has 0 aliphatic carbocycles. The first-order valence-corrected chi connectivity index (χ1v) is 11.5. The lowest BCUT2D eigenvalue weighted by molar-refractivity contribution is -0.130. The number of Topliss-reactive ketones (excluding diaryl/α,β-unsaturated/α-hetero) is 1. The van der Waals surface area contributed by atoms with Crippen LogP contribution in [0.2, 0.25) is 0 Å². The monoisotopic (exact) mass is 500 g/mol. The Kier molecular flexibility index (Phi) is 12.3. The normalized spacial score (nSPS) is 11.3. The Balaban J connectivity index is 0.000000457. The molecule has 0 aromatic heterocycles. The van der Waals surface area contributed by atoms with Crippen molar-refractivity contribution in [3.63, 3.8) is 0 Å². The van der Waals surface area contributed by atoms with E-state index in [0.717, 1.165) is 17.5 Å². The van der Waals surface area contributed by atoms with E-state index in [0.29, 0.717) is 5.56 Å². The van der Waals surface area contributed by atoms with Gasteiger partial charge in [-0.1, -0.05) is 43.3 Å². The summed E-state index contributed by atoms with van der Waals surface area (Å²) < 4.78 is 4.89. The number of hydrogen-bond acceptors (Lipinski definition) is 7. The number of ketones is 1. The highest BCUT2D eigenvalue weighted by atomic mass is 16.6. The van der Waals surface area contributed by atoms with Crippen molar-refractivity contribution in [3.05, 3.63) is 59.7 Å². The molecule has 0 heterocycles. The van der Waals surface area contributed by atoms with Crippen LogP contribution in [0.1, 0.15) is 50.5 Å². The van der Waals surface area contributed by atoms with Crippen molar-refractivity contribution in [2.45, 2.75) is 52.7 Å². The van der Waals surface area contributed by atoms with Gasteiger partial charge in [-0.25, -0.2) is 10.3 Å². The summed E-state index contributed by atoms with van der Waals surface area (Å²) in [5, 5.41) is 13.4. The highest BCUT2D eigenvalue weighted by Gasteiger charge is 2.19. The summed E-state index contributed by atoms with van der Waals surface area (Å²) in [6.45, 7) is 8.71. The molecule has 3 amide bonds. The summed E-state index contributed by atoms with van der Waals surface area (Å²) in [6, 6.07) is 14.3. The van der Waals surface area contributed by atoms with Crippen molar-refractivity contribution in [2.75, 3.05) is 13.1 Å². The maximum absolute atomic E-state index is 12.1. The number of nitrogens with one attached hydrogen (secondary N) is 3. The number of amides is 3. The molecular formula is C26H36N4O6. The fraction of sp³-hybridized carbons (Fsp3) is 0.385. The van der Waals surface area contributed by atoms with E-state index in [9.17, 15) is 19.2 Å². The van der Waals surface area contributed by atoms with Crippen molar-refractivity contribution in [1.82, 2.24) is 16.1 Å². The molecule has 0 aliphatic rings. The lowest BCUT2D eigenvalue weighted by Gasteiger charge is -2.19. The molecule has 0 fully saturated rings. The van der Waals surface area contributed by atoms with Crippen LogP contribution in [0.3, 0.4) is 0 Å². The van der Waals surface area contributed by atoms with Crippen molar-refractivity contribution >= 4 is 23.7 Å². The van der Waals surface area contributed by atoms with Gasteiger partial charge in [0.05, 0.1) is 6.54 Å². The maximum Gasteiger partial charge on any atom is 0.408 e. The highest BCUT2D eigenvalue weighted by Crippen LogP contribution is 2.20. The maximum atomic E-state index is 12.1. The number of nitrogens with two attached hydrogens (primary N) is 1. The number of hydrogen-bond donors (Lipinski definition) is 5.